The molecule has 1 fully saturated rings. The Morgan fingerprint density at radius 1 is 1.17 bits per heavy atom. The Morgan fingerprint density at radius 2 is 1.93 bits per heavy atom. The molecular weight excluding hydrogens is 389 g/mol. The van der Waals surface area contributed by atoms with Gasteiger partial charge in [0, 0.05) is 12.3 Å². The van der Waals surface area contributed by atoms with E-state index in [0.29, 0.717) is 10.9 Å². The molecule has 10 heteroatoms. The predicted molar refractivity (Wildman–Crippen MR) is 96.2 cm³/mol. The van der Waals surface area contributed by atoms with E-state index in [9.17, 15) is 22.8 Å². The number of aromatic nitrogens is 3. The third-order valence-corrected chi connectivity index (χ3v) is 4.59. The molecule has 0 atom stereocenters. The number of para-hydroxylation sites is 1. The van der Waals surface area contributed by atoms with Crippen LogP contribution in [0.2, 0.25) is 0 Å². The van der Waals surface area contributed by atoms with Gasteiger partial charge < -0.3 is 9.64 Å². The molecule has 29 heavy (non-hydrogen) atoms. The summed E-state index contributed by atoms with van der Waals surface area (Å²) in [5.74, 6) is -0.451. The highest BCUT2D eigenvalue weighted by Gasteiger charge is 2.34. The molecule has 7 nitrogen and oxygen atoms in total. The fraction of sp³-hybridized carbons (Fsp3) is 0.263. The van der Waals surface area contributed by atoms with Crippen molar-refractivity contribution < 1.29 is 22.7 Å². The van der Waals surface area contributed by atoms with Crippen molar-refractivity contribution in [3.05, 3.63) is 64.8 Å². The zero-order chi connectivity index (χ0) is 20.6. The molecule has 150 valence electrons. The van der Waals surface area contributed by atoms with E-state index in [1.807, 2.05) is 0 Å². The lowest BCUT2D eigenvalue weighted by Gasteiger charge is -2.38. The number of alkyl halides is 3. The Morgan fingerprint density at radius 3 is 2.69 bits per heavy atom. The van der Waals surface area contributed by atoms with E-state index in [0.717, 1.165) is 18.3 Å². The largest absolute Gasteiger partial charge is 0.471 e. The Labute approximate surface area is 162 Å². The molecule has 0 aliphatic carbocycles. The van der Waals surface area contributed by atoms with E-state index in [4.69, 9.17) is 4.74 Å². The van der Waals surface area contributed by atoms with Gasteiger partial charge in [0.1, 0.15) is 12.6 Å². The Kier molecular flexibility index (Phi) is 4.69. The maximum atomic E-state index is 12.7. The smallest absolute Gasteiger partial charge is 0.416 e. The molecule has 3 heterocycles. The molecule has 1 amide bonds. The second-order valence-electron chi connectivity index (χ2n) is 6.61. The van der Waals surface area contributed by atoms with E-state index in [2.05, 4.69) is 9.97 Å². The lowest BCUT2D eigenvalue weighted by molar-refractivity contribution is -0.140. The number of fused-ring (bicyclic) bond motifs is 1. The summed E-state index contributed by atoms with van der Waals surface area (Å²) in [6, 6.07) is 8.52. The SMILES string of the molecule is O=C(Cn1cnc2ccccc2c1=O)N1CC(Oc2cc(C(F)(F)F)ccn2)C1. The highest BCUT2D eigenvalue weighted by molar-refractivity contribution is 5.79. The van der Waals surface area contributed by atoms with Crippen molar-refractivity contribution in [2.45, 2.75) is 18.8 Å². The monoisotopic (exact) mass is 404 g/mol. The standard InChI is InChI=1S/C19H15F3N4O3/c20-19(21,22)12-5-6-23-16(7-12)29-13-8-25(9-13)17(27)10-26-11-24-15-4-2-1-3-14(15)18(26)28/h1-7,11,13H,8-10H2. The number of carbonyl (C=O) groups is 1. The fourth-order valence-corrected chi connectivity index (χ4v) is 3.00. The average Bonchev–Trinajstić information content (AvgIpc) is 2.66. The highest BCUT2D eigenvalue weighted by atomic mass is 19.4. The Hall–Kier alpha value is -3.43. The topological polar surface area (TPSA) is 77.3 Å². The summed E-state index contributed by atoms with van der Waals surface area (Å²) in [7, 11) is 0. The van der Waals surface area contributed by atoms with Gasteiger partial charge in [0.15, 0.2) is 0 Å². The summed E-state index contributed by atoms with van der Waals surface area (Å²) in [4.78, 5) is 34.2. The number of halogens is 3. The van der Waals surface area contributed by atoms with E-state index < -0.39 is 17.8 Å². The Bertz CT molecular complexity index is 1120. The van der Waals surface area contributed by atoms with Crippen LogP contribution < -0.4 is 10.3 Å². The summed E-state index contributed by atoms with van der Waals surface area (Å²) < 4.78 is 44.9. The zero-order valence-electron chi connectivity index (χ0n) is 15.0. The summed E-state index contributed by atoms with van der Waals surface area (Å²) in [5.41, 5.74) is -0.615. The van der Waals surface area contributed by atoms with Gasteiger partial charge in [-0.3, -0.25) is 14.2 Å². The van der Waals surface area contributed by atoms with Gasteiger partial charge in [-0.15, -0.1) is 0 Å². The van der Waals surface area contributed by atoms with Gasteiger partial charge in [-0.25, -0.2) is 9.97 Å². The first-order chi connectivity index (χ1) is 13.8. The predicted octanol–water partition coefficient (Wildman–Crippen LogP) is 2.10. The molecule has 0 unspecified atom stereocenters. The fourth-order valence-electron chi connectivity index (χ4n) is 3.00. The van der Waals surface area contributed by atoms with Crippen LogP contribution in [0.1, 0.15) is 5.56 Å². The van der Waals surface area contributed by atoms with Gasteiger partial charge in [-0.05, 0) is 18.2 Å². The number of rotatable bonds is 4. The lowest BCUT2D eigenvalue weighted by atomic mass is 10.1. The molecule has 2 aromatic heterocycles. The van der Waals surface area contributed by atoms with E-state index in [-0.39, 0.29) is 37.0 Å². The summed E-state index contributed by atoms with van der Waals surface area (Å²) in [6.07, 6.45) is -2.59. The number of pyridine rings is 1. The van der Waals surface area contributed by atoms with E-state index >= 15 is 0 Å². The molecule has 0 N–H and O–H groups in total. The van der Waals surface area contributed by atoms with Gasteiger partial charge >= 0.3 is 6.18 Å². The molecule has 1 aromatic carbocycles. The van der Waals surface area contributed by atoms with Crippen molar-refractivity contribution in [3.8, 4) is 5.88 Å². The number of ether oxygens (including phenoxy) is 1. The van der Waals surface area contributed by atoms with Gasteiger partial charge in [0.25, 0.3) is 5.56 Å². The minimum atomic E-state index is -4.48. The van der Waals surface area contributed by atoms with Crippen molar-refractivity contribution in [2.24, 2.45) is 0 Å². The first kappa shape index (κ1) is 18.9. The number of amides is 1. The number of hydrogen-bond donors (Lipinski definition) is 0. The van der Waals surface area contributed by atoms with Crippen LogP contribution in [-0.2, 0) is 17.5 Å². The zero-order valence-corrected chi connectivity index (χ0v) is 15.0. The summed E-state index contributed by atoms with van der Waals surface area (Å²) in [6.45, 7) is 0.226. The number of benzene rings is 1. The number of carbonyl (C=O) groups excluding carboxylic acids is 1. The molecule has 1 aliphatic rings. The van der Waals surface area contributed by atoms with Crippen LogP contribution in [0.4, 0.5) is 13.2 Å². The Balaban J connectivity index is 1.36. The number of nitrogens with zero attached hydrogens (tertiary/aromatic N) is 4. The van der Waals surface area contributed by atoms with Gasteiger partial charge in [-0.2, -0.15) is 13.2 Å². The number of likely N-dealkylation sites (tertiary alicyclic amines) is 1. The van der Waals surface area contributed by atoms with Crippen molar-refractivity contribution in [1.29, 1.82) is 0 Å². The molecule has 3 aromatic rings. The molecule has 0 saturated carbocycles. The van der Waals surface area contributed by atoms with Crippen LogP contribution in [0.3, 0.4) is 0 Å². The molecule has 1 saturated heterocycles. The van der Waals surface area contributed by atoms with Crippen LogP contribution in [0.15, 0.2) is 53.7 Å². The molecule has 0 spiro atoms. The molecular formula is C19H15F3N4O3. The summed E-state index contributed by atoms with van der Waals surface area (Å²) in [5, 5.41) is 0.420. The molecule has 1 aliphatic heterocycles. The van der Waals surface area contributed by atoms with Crippen molar-refractivity contribution in [2.75, 3.05) is 13.1 Å². The average molecular weight is 404 g/mol. The number of hydrogen-bond acceptors (Lipinski definition) is 5. The third-order valence-electron chi connectivity index (χ3n) is 4.59. The van der Waals surface area contributed by atoms with Crippen molar-refractivity contribution in [1.82, 2.24) is 19.4 Å². The van der Waals surface area contributed by atoms with Crippen LogP contribution in [0, 0.1) is 0 Å². The van der Waals surface area contributed by atoms with Crippen LogP contribution in [0.25, 0.3) is 10.9 Å². The minimum Gasteiger partial charge on any atom is -0.471 e. The minimum absolute atomic E-state index is 0.146. The van der Waals surface area contributed by atoms with Crippen LogP contribution in [0.5, 0.6) is 5.88 Å². The second kappa shape index (κ2) is 7.19. The first-order valence-corrected chi connectivity index (χ1v) is 8.73. The van der Waals surface area contributed by atoms with E-state index in [1.54, 1.807) is 24.3 Å². The van der Waals surface area contributed by atoms with Gasteiger partial charge in [-0.1, -0.05) is 12.1 Å². The normalized spacial score (nSPS) is 14.7. The van der Waals surface area contributed by atoms with Gasteiger partial charge in [0.05, 0.1) is 35.9 Å². The first-order valence-electron chi connectivity index (χ1n) is 8.73. The molecule has 4 rings (SSSR count). The lowest BCUT2D eigenvalue weighted by Crippen LogP contribution is -2.57. The molecule has 0 bridgehead atoms. The van der Waals surface area contributed by atoms with Gasteiger partial charge in [0.2, 0.25) is 11.8 Å². The highest BCUT2D eigenvalue weighted by Crippen LogP contribution is 2.31. The van der Waals surface area contributed by atoms with E-state index in [1.165, 1.54) is 15.8 Å². The van der Waals surface area contributed by atoms with Crippen molar-refractivity contribution in [3.63, 3.8) is 0 Å². The second-order valence-corrected chi connectivity index (χ2v) is 6.61. The maximum absolute atomic E-state index is 12.7. The van der Waals surface area contributed by atoms with Crippen LogP contribution >= 0.6 is 0 Å². The third kappa shape index (κ3) is 3.91. The van der Waals surface area contributed by atoms with Crippen molar-refractivity contribution >= 4 is 16.8 Å². The summed E-state index contributed by atoms with van der Waals surface area (Å²) >= 11 is 0. The quantitative estimate of drug-likeness (QED) is 0.666. The van der Waals surface area contributed by atoms with Crippen LogP contribution in [-0.4, -0.2) is 44.5 Å². The molecule has 0 radical (unpaired) electrons. The maximum Gasteiger partial charge on any atom is 0.416 e.